The molecule has 0 spiro atoms. The first kappa shape index (κ1) is 24.4. The van der Waals surface area contributed by atoms with Gasteiger partial charge in [0.25, 0.3) is 5.84 Å². The fraction of sp³-hybridized carbons (Fsp3) is 0.800. The van der Waals surface area contributed by atoms with Gasteiger partial charge in [0.05, 0.1) is 39.5 Å². The van der Waals surface area contributed by atoms with Gasteiger partial charge in [-0.1, -0.05) is 0 Å². The smallest absolute Gasteiger partial charge is 0.287 e. The van der Waals surface area contributed by atoms with Gasteiger partial charge in [-0.2, -0.15) is 0 Å². The highest BCUT2D eigenvalue weighted by Crippen LogP contribution is 2.32. The van der Waals surface area contributed by atoms with Gasteiger partial charge in [-0.15, -0.1) is 0 Å². The van der Waals surface area contributed by atoms with E-state index in [2.05, 4.69) is 106 Å². The zero-order valence-electron chi connectivity index (χ0n) is 16.0. The number of amidine groups is 1. The number of hydrogen-bond donors (Lipinski definition) is 0. The number of nitrogens with zero attached hydrogens (tertiary/aromatic N) is 3. The Labute approximate surface area is 157 Å². The van der Waals surface area contributed by atoms with Crippen molar-refractivity contribution < 1.29 is 26.0 Å². The molecule has 0 aliphatic rings. The van der Waals surface area contributed by atoms with Crippen LogP contribution in [0.3, 0.4) is 0 Å². The summed E-state index contributed by atoms with van der Waals surface area (Å²) in [5.41, 5.74) is 0.784. The molecule has 7 heteroatoms. The molecule has 0 aromatic heterocycles. The monoisotopic (exact) mass is 457 g/mol. The Balaban J connectivity index is 0. The van der Waals surface area contributed by atoms with E-state index in [0.717, 1.165) is 16.0 Å². The third-order valence-electron chi connectivity index (χ3n) is 2.83. The van der Waals surface area contributed by atoms with Crippen LogP contribution in [0.15, 0.2) is 10.2 Å². The van der Waals surface area contributed by atoms with E-state index in [1.807, 2.05) is 0 Å². The molecule has 0 rings (SSSR count). The third kappa shape index (κ3) is 7.15. The molecule has 0 fully saturated rings. The van der Waals surface area contributed by atoms with Crippen LogP contribution in [0.4, 0.5) is 0 Å². The number of likely N-dealkylation sites (N-methyl/N-ethyl adjacent to an activating group) is 2. The third-order valence-corrected chi connectivity index (χ3v) is 4.68. The van der Waals surface area contributed by atoms with Crippen molar-refractivity contribution in [3.63, 3.8) is 0 Å². The average molecular weight is 459 g/mol. The van der Waals surface area contributed by atoms with Gasteiger partial charge in [-0.05, 0) is 49.4 Å². The second-order valence-corrected chi connectivity index (χ2v) is 12.6. The highest BCUT2D eigenvalue weighted by atomic mass is 79.9. The summed E-state index contributed by atoms with van der Waals surface area (Å²) in [7, 11) is 10.7. The van der Waals surface area contributed by atoms with E-state index >= 15 is 0 Å². The summed E-state index contributed by atoms with van der Waals surface area (Å²) < 4.78 is 9.61. The van der Waals surface area contributed by atoms with Crippen molar-refractivity contribution in [1.82, 2.24) is 9.80 Å². The van der Waals surface area contributed by atoms with Crippen molar-refractivity contribution in [3.8, 4) is 0 Å². The number of hydrogen-bond acceptors (Lipinski definition) is 2. The van der Waals surface area contributed by atoms with Crippen LogP contribution in [0, 0.1) is 0 Å². The largest absolute Gasteiger partial charge is 1.00 e. The maximum atomic E-state index is 6.44. The van der Waals surface area contributed by atoms with Crippen LogP contribution in [0.5, 0.6) is 0 Å². The number of rotatable bonds is 5. The summed E-state index contributed by atoms with van der Waals surface area (Å²) in [6.07, 6.45) is 0. The van der Waals surface area contributed by atoms with E-state index < -0.39 is 8.32 Å². The SMILES string of the molecule is CN(C)C(/C(Br)=C(/N(C)C)C(C)(C)O[Si](C)(C)C)=[N+](C)C.[Br-]. The van der Waals surface area contributed by atoms with E-state index in [4.69, 9.17) is 4.43 Å². The number of halogens is 2. The van der Waals surface area contributed by atoms with E-state index in [1.165, 1.54) is 0 Å². The van der Waals surface area contributed by atoms with E-state index in [0.29, 0.717) is 0 Å². The first-order chi connectivity index (χ1) is 9.20. The molecule has 0 amide bonds. The maximum Gasteiger partial charge on any atom is 0.287 e. The minimum absolute atomic E-state index is 0. The molecule has 0 N–H and O–H groups in total. The van der Waals surface area contributed by atoms with E-state index in [-0.39, 0.29) is 22.6 Å². The van der Waals surface area contributed by atoms with Crippen molar-refractivity contribution >= 4 is 30.1 Å². The van der Waals surface area contributed by atoms with Gasteiger partial charge in [0.2, 0.25) is 0 Å². The molecule has 0 aliphatic carbocycles. The van der Waals surface area contributed by atoms with Gasteiger partial charge < -0.3 is 26.3 Å². The zero-order chi connectivity index (χ0) is 17.2. The minimum atomic E-state index is -1.65. The maximum absolute atomic E-state index is 6.44. The lowest BCUT2D eigenvalue weighted by molar-refractivity contribution is -0.468. The molecular formula is C15H33Br2N3OSi. The van der Waals surface area contributed by atoms with Crippen molar-refractivity contribution in [2.45, 2.75) is 39.1 Å². The van der Waals surface area contributed by atoms with Crippen LogP contribution in [0.2, 0.25) is 19.6 Å². The Morgan fingerprint density at radius 2 is 1.41 bits per heavy atom. The van der Waals surface area contributed by atoms with Crippen LogP contribution in [0.1, 0.15) is 13.8 Å². The minimum Gasteiger partial charge on any atom is -1.00 e. The van der Waals surface area contributed by atoms with Crippen LogP contribution >= 0.6 is 15.9 Å². The van der Waals surface area contributed by atoms with Crippen molar-refractivity contribution in [2.24, 2.45) is 0 Å². The Hall–Kier alpha value is 0.147. The summed E-state index contributed by atoms with van der Waals surface area (Å²) in [5.74, 6) is 1.12. The molecule has 132 valence electrons. The lowest BCUT2D eigenvalue weighted by Gasteiger charge is -2.38. The molecular weight excluding hydrogens is 426 g/mol. The van der Waals surface area contributed by atoms with Crippen LogP contribution in [-0.2, 0) is 4.43 Å². The summed E-state index contributed by atoms with van der Waals surface area (Å²) in [4.78, 5) is 4.25. The predicted molar refractivity (Wildman–Crippen MR) is 99.0 cm³/mol. The van der Waals surface area contributed by atoms with Crippen molar-refractivity contribution in [2.75, 3.05) is 42.3 Å². The Kier molecular flexibility index (Phi) is 9.81. The molecule has 22 heavy (non-hydrogen) atoms. The molecule has 0 radical (unpaired) electrons. The molecule has 0 saturated heterocycles. The summed E-state index contributed by atoms with van der Waals surface area (Å²) in [6.45, 7) is 10.9. The van der Waals surface area contributed by atoms with E-state index in [9.17, 15) is 0 Å². The molecule has 0 aliphatic heterocycles. The van der Waals surface area contributed by atoms with E-state index in [1.54, 1.807) is 0 Å². The van der Waals surface area contributed by atoms with Gasteiger partial charge in [0, 0.05) is 14.1 Å². The van der Waals surface area contributed by atoms with Gasteiger partial charge in [0.15, 0.2) is 8.32 Å². The normalized spacial score (nSPS) is 13.1. The Bertz CT molecular complexity index is 435. The standard InChI is InChI=1S/C15H33BrN3OSi.BrH/c1-15(2,20-21(9,10)11)13(17(3)4)12(16)14(18(5)6)19(7)8;/h1-11H3;1H/q+1;/p-1. The van der Waals surface area contributed by atoms with Crippen LogP contribution < -0.4 is 17.0 Å². The van der Waals surface area contributed by atoms with Crippen molar-refractivity contribution in [3.05, 3.63) is 10.2 Å². The molecule has 4 nitrogen and oxygen atoms in total. The fourth-order valence-electron chi connectivity index (χ4n) is 2.71. The highest BCUT2D eigenvalue weighted by Gasteiger charge is 2.36. The lowest BCUT2D eigenvalue weighted by atomic mass is 10.0. The van der Waals surface area contributed by atoms with Crippen LogP contribution in [0.25, 0.3) is 0 Å². The summed E-state index contributed by atoms with van der Waals surface area (Å²) in [5, 5.41) is 0. The molecule has 0 aromatic rings. The Morgan fingerprint density at radius 1 is 1.00 bits per heavy atom. The second kappa shape index (κ2) is 8.85. The fourth-order valence-corrected chi connectivity index (χ4v) is 5.88. The average Bonchev–Trinajstić information content (AvgIpc) is 2.08. The van der Waals surface area contributed by atoms with Gasteiger partial charge in [0.1, 0.15) is 4.48 Å². The molecule has 0 unspecified atom stereocenters. The highest BCUT2D eigenvalue weighted by molar-refractivity contribution is 9.12. The van der Waals surface area contributed by atoms with Gasteiger partial charge in [-0.25, -0.2) is 0 Å². The van der Waals surface area contributed by atoms with Gasteiger partial charge >= 0.3 is 0 Å². The first-order valence-corrected chi connectivity index (χ1v) is 11.4. The summed E-state index contributed by atoms with van der Waals surface area (Å²) in [6, 6.07) is 0. The zero-order valence-corrected chi connectivity index (χ0v) is 20.2. The predicted octanol–water partition coefficient (Wildman–Crippen LogP) is 0.0208. The first-order valence-electron chi connectivity index (χ1n) is 7.20. The quantitative estimate of drug-likeness (QED) is 0.250. The molecule has 0 aromatic carbocycles. The van der Waals surface area contributed by atoms with Crippen LogP contribution in [-0.4, -0.2) is 76.4 Å². The topological polar surface area (TPSA) is 18.7 Å². The summed E-state index contributed by atoms with van der Waals surface area (Å²) >= 11 is 3.81. The van der Waals surface area contributed by atoms with Gasteiger partial charge in [-0.3, -0.25) is 9.48 Å². The molecule has 0 saturated carbocycles. The molecule has 0 heterocycles. The lowest BCUT2D eigenvalue weighted by Crippen LogP contribution is -3.00. The van der Waals surface area contributed by atoms with Crippen molar-refractivity contribution in [1.29, 1.82) is 0 Å². The second-order valence-electron chi connectivity index (χ2n) is 7.39. The molecule has 0 bridgehead atoms. The molecule has 0 atom stereocenters. The Morgan fingerprint density at radius 3 is 1.64 bits per heavy atom.